The second kappa shape index (κ2) is 70.8. The molecule has 0 heterocycles. The van der Waals surface area contributed by atoms with E-state index in [1.807, 2.05) is 0 Å². The predicted molar refractivity (Wildman–Crippen MR) is 409 cm³/mol. The first-order chi connectivity index (χ1) is 48.2. The molecule has 2 unspecified atom stereocenters. The van der Waals surface area contributed by atoms with Crippen LogP contribution in [0.5, 0.6) is 0 Å². The zero-order valence-corrected chi connectivity index (χ0v) is 66.9. The van der Waals surface area contributed by atoms with Crippen molar-refractivity contribution in [2.75, 3.05) is 39.6 Å². The van der Waals surface area contributed by atoms with Crippen LogP contribution in [0.2, 0.25) is 0 Å². The number of carbonyl (C=O) groups excluding carboxylic acids is 4. The van der Waals surface area contributed by atoms with Gasteiger partial charge in [-0.1, -0.05) is 342 Å². The van der Waals surface area contributed by atoms with Crippen LogP contribution in [0.1, 0.15) is 395 Å². The summed E-state index contributed by atoms with van der Waals surface area (Å²) in [7, 11) is -9.93. The molecule has 0 aliphatic carbocycles. The molecule has 0 fully saturated rings. The monoisotopic (exact) mass is 1460 g/mol. The van der Waals surface area contributed by atoms with Crippen LogP contribution in [0.25, 0.3) is 0 Å². The molecule has 0 saturated heterocycles. The Morgan fingerprint density at radius 2 is 0.540 bits per heavy atom. The molecular formula is C81H154O17P2. The maximum absolute atomic E-state index is 13.1. The largest absolute Gasteiger partial charge is 0.472 e. The number of aliphatic hydroxyl groups is 1. The topological polar surface area (TPSA) is 237 Å². The fraction of sp³-hybridized carbons (Fsp3) is 0.901. The third kappa shape index (κ3) is 73.8. The number of esters is 4. The molecule has 100 heavy (non-hydrogen) atoms. The van der Waals surface area contributed by atoms with E-state index < -0.39 is 97.5 Å². The van der Waals surface area contributed by atoms with E-state index in [-0.39, 0.29) is 25.7 Å². The van der Waals surface area contributed by atoms with Gasteiger partial charge in [-0.25, -0.2) is 9.13 Å². The highest BCUT2D eigenvalue weighted by molar-refractivity contribution is 7.47. The molecule has 590 valence electrons. The van der Waals surface area contributed by atoms with Crippen molar-refractivity contribution in [2.45, 2.75) is 414 Å². The lowest BCUT2D eigenvalue weighted by atomic mass is 10.0. The molecule has 0 aromatic rings. The van der Waals surface area contributed by atoms with Crippen molar-refractivity contribution in [2.24, 2.45) is 17.8 Å². The van der Waals surface area contributed by atoms with E-state index >= 15 is 0 Å². The number of phosphoric ester groups is 2. The molecule has 0 spiro atoms. The van der Waals surface area contributed by atoms with Crippen molar-refractivity contribution in [1.82, 2.24) is 0 Å². The lowest BCUT2D eigenvalue weighted by Gasteiger charge is -2.21. The summed E-state index contributed by atoms with van der Waals surface area (Å²) < 4.78 is 68.6. The fourth-order valence-electron chi connectivity index (χ4n) is 11.9. The summed E-state index contributed by atoms with van der Waals surface area (Å²) in [5, 5.41) is 10.6. The molecule has 3 N–H and O–H groups in total. The van der Waals surface area contributed by atoms with Gasteiger partial charge in [0.05, 0.1) is 26.4 Å². The second-order valence-electron chi connectivity index (χ2n) is 29.9. The predicted octanol–water partition coefficient (Wildman–Crippen LogP) is 23.7. The van der Waals surface area contributed by atoms with Gasteiger partial charge in [-0.3, -0.25) is 37.3 Å². The van der Waals surface area contributed by atoms with Crippen LogP contribution in [-0.4, -0.2) is 96.7 Å². The number of aliphatic hydroxyl groups excluding tert-OH is 1. The van der Waals surface area contributed by atoms with Gasteiger partial charge in [0.2, 0.25) is 0 Å². The summed E-state index contributed by atoms with van der Waals surface area (Å²) in [5.41, 5.74) is 0. The van der Waals surface area contributed by atoms with E-state index in [0.717, 1.165) is 127 Å². The normalized spacial score (nSPS) is 14.1. The molecule has 19 heteroatoms. The smallest absolute Gasteiger partial charge is 0.462 e. The van der Waals surface area contributed by atoms with Gasteiger partial charge in [-0.15, -0.1) is 0 Å². The summed E-state index contributed by atoms with van der Waals surface area (Å²) in [5.74, 6) is 0.135. The van der Waals surface area contributed by atoms with E-state index in [1.54, 1.807) is 0 Å². The number of rotatable bonds is 77. The Morgan fingerprint density at radius 1 is 0.310 bits per heavy atom. The molecule has 0 rings (SSSR count). The zero-order chi connectivity index (χ0) is 73.7. The van der Waals surface area contributed by atoms with Gasteiger partial charge in [0, 0.05) is 25.7 Å². The van der Waals surface area contributed by atoms with Crippen LogP contribution in [0.15, 0.2) is 24.3 Å². The van der Waals surface area contributed by atoms with Gasteiger partial charge < -0.3 is 33.8 Å². The van der Waals surface area contributed by atoms with E-state index in [1.165, 1.54) is 180 Å². The number of ether oxygens (including phenoxy) is 4. The fourth-order valence-corrected chi connectivity index (χ4v) is 13.5. The van der Waals surface area contributed by atoms with Crippen molar-refractivity contribution in [3.63, 3.8) is 0 Å². The SMILES string of the molecule is CCCCCC/C=C\C=C/CCCCCCCC(=O)OC[C@H](COP(=O)(O)OC[C@@H](O)COP(=O)(O)OC[C@@H](COC(=O)CCCCCCCCC(C)C)OC(=O)CCCCCCCCCCCCCCCCC(C)C)OC(=O)CCCCCCCCCCCCCCCCCCC(C)C. The van der Waals surface area contributed by atoms with Crippen molar-refractivity contribution in [3.05, 3.63) is 24.3 Å². The Bertz CT molecular complexity index is 2030. The molecule has 0 radical (unpaired) electrons. The first-order valence-electron chi connectivity index (χ1n) is 41.2. The van der Waals surface area contributed by atoms with Crippen LogP contribution in [0.3, 0.4) is 0 Å². The van der Waals surface area contributed by atoms with Crippen LogP contribution in [0.4, 0.5) is 0 Å². The number of hydrogen-bond donors (Lipinski definition) is 3. The van der Waals surface area contributed by atoms with E-state index in [2.05, 4.69) is 72.8 Å². The minimum atomic E-state index is -4.97. The molecule has 0 aromatic carbocycles. The molecule has 0 saturated carbocycles. The Labute approximate surface area is 612 Å². The number of unbranched alkanes of at least 4 members (excludes halogenated alkanes) is 42. The Morgan fingerprint density at radius 3 is 0.810 bits per heavy atom. The van der Waals surface area contributed by atoms with Gasteiger partial charge in [0.15, 0.2) is 12.2 Å². The lowest BCUT2D eigenvalue weighted by molar-refractivity contribution is -0.161. The minimum Gasteiger partial charge on any atom is -0.462 e. The Hall–Kier alpha value is -2.46. The van der Waals surface area contributed by atoms with Gasteiger partial charge >= 0.3 is 39.5 Å². The lowest BCUT2D eigenvalue weighted by Crippen LogP contribution is -2.30. The molecule has 0 aromatic heterocycles. The molecule has 5 atom stereocenters. The second-order valence-corrected chi connectivity index (χ2v) is 32.8. The molecule has 0 aliphatic heterocycles. The molecular weight excluding hydrogens is 1310 g/mol. The van der Waals surface area contributed by atoms with Gasteiger partial charge in [-0.2, -0.15) is 0 Å². The molecule has 0 bridgehead atoms. The highest BCUT2D eigenvalue weighted by atomic mass is 31.2. The number of carbonyl (C=O) groups is 4. The van der Waals surface area contributed by atoms with Crippen molar-refractivity contribution < 1.29 is 80.2 Å². The summed E-state index contributed by atoms with van der Waals surface area (Å²) >= 11 is 0. The maximum Gasteiger partial charge on any atom is 0.472 e. The third-order valence-corrected chi connectivity index (χ3v) is 20.2. The van der Waals surface area contributed by atoms with Crippen molar-refractivity contribution in [1.29, 1.82) is 0 Å². The molecule has 0 aliphatic rings. The number of hydrogen-bond acceptors (Lipinski definition) is 15. The first-order valence-corrected chi connectivity index (χ1v) is 44.2. The average Bonchev–Trinajstić information content (AvgIpc) is 0.978. The zero-order valence-electron chi connectivity index (χ0n) is 65.2. The summed E-state index contributed by atoms with van der Waals surface area (Å²) in [6.45, 7) is 11.8. The summed E-state index contributed by atoms with van der Waals surface area (Å²) in [6, 6.07) is 0. The van der Waals surface area contributed by atoms with Crippen molar-refractivity contribution >= 4 is 39.5 Å². The highest BCUT2D eigenvalue weighted by Crippen LogP contribution is 2.45. The van der Waals surface area contributed by atoms with E-state index in [0.29, 0.717) is 31.6 Å². The van der Waals surface area contributed by atoms with Crippen molar-refractivity contribution in [3.8, 4) is 0 Å². The number of phosphoric acid groups is 2. The average molecular weight is 1460 g/mol. The van der Waals surface area contributed by atoms with E-state index in [9.17, 15) is 43.2 Å². The summed E-state index contributed by atoms with van der Waals surface area (Å²) in [4.78, 5) is 73.0. The number of allylic oxidation sites excluding steroid dienone is 4. The molecule has 17 nitrogen and oxygen atoms in total. The standard InChI is InChI=1S/C81H154O17P2/c1-8-9-10-11-12-13-14-15-18-25-30-35-40-48-55-62-78(83)91-68-76(97-80(85)64-57-50-41-36-31-26-20-17-16-19-23-28-33-38-45-52-59-72(2)3)70-95-99(87,88)93-66-75(82)67-94-100(89,90)96-71-77(69-92-79(84)63-56-49-44-43-47-54-61-74(6)7)98-81(86)65-58-51-42-37-32-27-22-21-24-29-34-39-46-53-60-73(4)5/h13-15,18,72-77,82H,8-12,16-17,19-71H2,1-7H3,(H,87,88)(H,89,90)/b14-13-,18-15-/t75-,76-,77-/m1/s1. The van der Waals surface area contributed by atoms with Crippen LogP contribution in [-0.2, 0) is 65.4 Å². The van der Waals surface area contributed by atoms with Gasteiger partial charge in [0.1, 0.15) is 19.3 Å². The first kappa shape index (κ1) is 97.5. The maximum atomic E-state index is 13.1. The van der Waals surface area contributed by atoms with Gasteiger partial charge in [0.25, 0.3) is 0 Å². The van der Waals surface area contributed by atoms with Crippen LogP contribution < -0.4 is 0 Å². The highest BCUT2D eigenvalue weighted by Gasteiger charge is 2.30. The Kier molecular flexibility index (Phi) is 69.1. The van der Waals surface area contributed by atoms with Crippen LogP contribution >= 0.6 is 15.6 Å². The van der Waals surface area contributed by atoms with E-state index in [4.69, 9.17) is 37.0 Å². The molecule has 0 amide bonds. The quantitative estimate of drug-likeness (QED) is 0.0169. The van der Waals surface area contributed by atoms with Gasteiger partial charge in [-0.05, 0) is 69.1 Å². The minimum absolute atomic E-state index is 0.101. The third-order valence-electron chi connectivity index (χ3n) is 18.3. The summed E-state index contributed by atoms with van der Waals surface area (Å²) in [6.07, 6.45) is 62.0. The Balaban J connectivity index is 5.25. The van der Waals surface area contributed by atoms with Crippen LogP contribution in [0, 0.1) is 17.8 Å².